The maximum Gasteiger partial charge on any atom is 0.335 e. The predicted molar refractivity (Wildman–Crippen MR) is 68.4 cm³/mol. The Morgan fingerprint density at radius 2 is 1.88 bits per heavy atom. The van der Waals surface area contributed by atoms with Gasteiger partial charge in [-0.05, 0) is 36.4 Å². The maximum absolute atomic E-state index is 10.9. The van der Waals surface area contributed by atoms with Gasteiger partial charge in [-0.25, -0.2) is 4.79 Å². The van der Waals surface area contributed by atoms with Crippen LogP contribution in [0, 0.1) is 0 Å². The number of carbonyl (C=O) groups is 1. The zero-order valence-corrected chi connectivity index (χ0v) is 10.2. The first-order chi connectivity index (χ1) is 8.15. The predicted octanol–water partition coefficient (Wildman–Crippen LogP) is 4.05. The zero-order valence-electron chi connectivity index (χ0n) is 8.61. The largest absolute Gasteiger partial charge is 0.478 e. The van der Waals surface area contributed by atoms with Crippen LogP contribution < -0.4 is 0 Å². The Bertz CT molecular complexity index is 743. The van der Waals surface area contributed by atoms with Gasteiger partial charge < -0.3 is 9.52 Å². The molecular weight excluding hydrogens is 284 g/mol. The van der Waals surface area contributed by atoms with E-state index in [9.17, 15) is 4.79 Å². The highest BCUT2D eigenvalue weighted by Crippen LogP contribution is 2.31. The molecule has 0 spiro atoms. The Labute approximate surface area is 105 Å². The van der Waals surface area contributed by atoms with Crippen LogP contribution in [0.25, 0.3) is 21.9 Å². The van der Waals surface area contributed by atoms with Crippen LogP contribution in [0.3, 0.4) is 0 Å². The summed E-state index contributed by atoms with van der Waals surface area (Å²) in [5.74, 6) is -0.950. The average molecular weight is 291 g/mol. The molecule has 0 atom stereocenters. The molecule has 0 radical (unpaired) electrons. The van der Waals surface area contributed by atoms with Crippen LogP contribution in [0.2, 0.25) is 0 Å². The summed E-state index contributed by atoms with van der Waals surface area (Å²) in [5, 5.41) is 10.8. The SMILES string of the molecule is O=C(O)c1ccc2c(c1)oc1ccc(Br)cc12. The Hall–Kier alpha value is -1.81. The molecule has 0 saturated carbocycles. The van der Waals surface area contributed by atoms with Gasteiger partial charge in [0.25, 0.3) is 0 Å². The van der Waals surface area contributed by atoms with Crippen molar-refractivity contribution in [2.75, 3.05) is 0 Å². The van der Waals surface area contributed by atoms with Gasteiger partial charge in [0.05, 0.1) is 5.56 Å². The monoisotopic (exact) mass is 290 g/mol. The van der Waals surface area contributed by atoms with Gasteiger partial charge in [-0.15, -0.1) is 0 Å². The lowest BCUT2D eigenvalue weighted by Crippen LogP contribution is -1.94. The fraction of sp³-hybridized carbons (Fsp3) is 0. The van der Waals surface area contributed by atoms with Crippen LogP contribution in [0.1, 0.15) is 10.4 Å². The summed E-state index contributed by atoms with van der Waals surface area (Å²) in [4.78, 5) is 10.9. The minimum atomic E-state index is -0.950. The van der Waals surface area contributed by atoms with Gasteiger partial charge in [0.15, 0.2) is 0 Å². The van der Waals surface area contributed by atoms with Gasteiger partial charge in [-0.2, -0.15) is 0 Å². The van der Waals surface area contributed by atoms with Crippen molar-refractivity contribution in [3.8, 4) is 0 Å². The first kappa shape index (κ1) is 10.4. The molecule has 0 saturated heterocycles. The standard InChI is InChI=1S/C13H7BrO3/c14-8-2-4-11-10(6-8)9-3-1-7(13(15)16)5-12(9)17-11/h1-6H,(H,15,16). The Morgan fingerprint density at radius 3 is 2.65 bits per heavy atom. The Kier molecular flexibility index (Phi) is 2.19. The lowest BCUT2D eigenvalue weighted by molar-refractivity contribution is 0.0697. The third kappa shape index (κ3) is 1.61. The third-order valence-corrected chi connectivity index (χ3v) is 3.17. The number of benzene rings is 2. The molecule has 1 aromatic heterocycles. The molecule has 4 heteroatoms. The molecule has 0 aliphatic heterocycles. The van der Waals surface area contributed by atoms with Crippen LogP contribution in [0.4, 0.5) is 0 Å². The second kappa shape index (κ2) is 3.60. The van der Waals surface area contributed by atoms with Gasteiger partial charge in [-0.3, -0.25) is 0 Å². The van der Waals surface area contributed by atoms with Crippen molar-refractivity contribution in [2.24, 2.45) is 0 Å². The highest BCUT2D eigenvalue weighted by molar-refractivity contribution is 9.10. The normalized spacial score (nSPS) is 11.1. The van der Waals surface area contributed by atoms with Crippen LogP contribution in [0.15, 0.2) is 45.3 Å². The molecule has 0 amide bonds. The fourth-order valence-electron chi connectivity index (χ4n) is 1.88. The highest BCUT2D eigenvalue weighted by atomic mass is 79.9. The molecule has 0 aliphatic rings. The third-order valence-electron chi connectivity index (χ3n) is 2.68. The number of halogens is 1. The average Bonchev–Trinajstić information content (AvgIpc) is 2.66. The number of aromatic carboxylic acids is 1. The van der Waals surface area contributed by atoms with E-state index in [4.69, 9.17) is 9.52 Å². The van der Waals surface area contributed by atoms with E-state index in [0.717, 1.165) is 20.8 Å². The molecule has 17 heavy (non-hydrogen) atoms. The van der Waals surface area contributed by atoms with Crippen molar-refractivity contribution in [1.29, 1.82) is 0 Å². The molecule has 2 aromatic carbocycles. The number of hydrogen-bond donors (Lipinski definition) is 1. The van der Waals surface area contributed by atoms with Crippen molar-refractivity contribution in [3.05, 3.63) is 46.4 Å². The quantitative estimate of drug-likeness (QED) is 0.736. The second-order valence-corrected chi connectivity index (χ2v) is 4.67. The van der Waals surface area contributed by atoms with E-state index in [2.05, 4.69) is 15.9 Å². The molecule has 0 aliphatic carbocycles. The summed E-state index contributed by atoms with van der Waals surface area (Å²) in [6.45, 7) is 0. The van der Waals surface area contributed by atoms with E-state index in [1.807, 2.05) is 18.2 Å². The first-order valence-electron chi connectivity index (χ1n) is 5.00. The van der Waals surface area contributed by atoms with Gasteiger partial charge in [0, 0.05) is 15.2 Å². The molecule has 0 unspecified atom stereocenters. The van der Waals surface area contributed by atoms with Crippen molar-refractivity contribution < 1.29 is 14.3 Å². The Balaban J connectivity index is 2.39. The van der Waals surface area contributed by atoms with Gasteiger partial charge in [0.2, 0.25) is 0 Å². The molecular formula is C13H7BrO3. The minimum absolute atomic E-state index is 0.232. The van der Waals surface area contributed by atoms with E-state index in [1.54, 1.807) is 18.2 Å². The van der Waals surface area contributed by atoms with Crippen molar-refractivity contribution in [2.45, 2.75) is 0 Å². The number of carboxylic acid groups (broad SMARTS) is 1. The second-order valence-electron chi connectivity index (χ2n) is 3.76. The molecule has 3 rings (SSSR count). The summed E-state index contributed by atoms with van der Waals surface area (Å²) in [6, 6.07) is 10.6. The van der Waals surface area contributed by atoms with Crippen molar-refractivity contribution in [1.82, 2.24) is 0 Å². The Morgan fingerprint density at radius 1 is 1.06 bits per heavy atom. The first-order valence-corrected chi connectivity index (χ1v) is 5.79. The number of furan rings is 1. The van der Waals surface area contributed by atoms with E-state index in [0.29, 0.717) is 5.58 Å². The van der Waals surface area contributed by atoms with Gasteiger partial charge in [-0.1, -0.05) is 15.9 Å². The smallest absolute Gasteiger partial charge is 0.335 e. The molecule has 3 aromatic rings. The molecule has 1 heterocycles. The lowest BCUT2D eigenvalue weighted by atomic mass is 10.1. The highest BCUT2D eigenvalue weighted by Gasteiger charge is 2.10. The summed E-state index contributed by atoms with van der Waals surface area (Å²) in [5.41, 5.74) is 1.58. The minimum Gasteiger partial charge on any atom is -0.478 e. The fourth-order valence-corrected chi connectivity index (χ4v) is 2.24. The van der Waals surface area contributed by atoms with Gasteiger partial charge >= 0.3 is 5.97 Å². The van der Waals surface area contributed by atoms with E-state index < -0.39 is 5.97 Å². The topological polar surface area (TPSA) is 50.4 Å². The number of hydrogen-bond acceptors (Lipinski definition) is 2. The van der Waals surface area contributed by atoms with E-state index >= 15 is 0 Å². The molecule has 3 nitrogen and oxygen atoms in total. The summed E-state index contributed by atoms with van der Waals surface area (Å²) < 4.78 is 6.58. The summed E-state index contributed by atoms with van der Waals surface area (Å²) in [6.07, 6.45) is 0. The van der Waals surface area contributed by atoms with E-state index in [1.165, 1.54) is 0 Å². The van der Waals surface area contributed by atoms with Crippen LogP contribution >= 0.6 is 15.9 Å². The number of carboxylic acids is 1. The lowest BCUT2D eigenvalue weighted by Gasteiger charge is -1.93. The summed E-state index contributed by atoms with van der Waals surface area (Å²) >= 11 is 3.40. The van der Waals surface area contributed by atoms with Crippen molar-refractivity contribution in [3.63, 3.8) is 0 Å². The molecule has 1 N–H and O–H groups in total. The van der Waals surface area contributed by atoms with Crippen LogP contribution in [-0.4, -0.2) is 11.1 Å². The number of fused-ring (bicyclic) bond motifs is 3. The molecule has 84 valence electrons. The van der Waals surface area contributed by atoms with Crippen LogP contribution in [-0.2, 0) is 0 Å². The zero-order chi connectivity index (χ0) is 12.0. The maximum atomic E-state index is 10.9. The molecule has 0 fully saturated rings. The summed E-state index contributed by atoms with van der Waals surface area (Å²) in [7, 11) is 0. The number of rotatable bonds is 1. The van der Waals surface area contributed by atoms with E-state index in [-0.39, 0.29) is 5.56 Å². The molecule has 0 bridgehead atoms. The van der Waals surface area contributed by atoms with Gasteiger partial charge in [0.1, 0.15) is 11.2 Å². The van der Waals surface area contributed by atoms with Crippen molar-refractivity contribution >= 4 is 43.8 Å². The van der Waals surface area contributed by atoms with Crippen LogP contribution in [0.5, 0.6) is 0 Å².